The van der Waals surface area contributed by atoms with Gasteiger partial charge in [-0.05, 0) is 49.7 Å². The SMILES string of the molecule is COC1(C(N)CC2CCOc3ccccc32)CCC1. The summed E-state index contributed by atoms with van der Waals surface area (Å²) in [5.74, 6) is 1.54. The summed E-state index contributed by atoms with van der Waals surface area (Å²) in [4.78, 5) is 0. The van der Waals surface area contributed by atoms with Crippen molar-refractivity contribution in [1.82, 2.24) is 0 Å². The van der Waals surface area contributed by atoms with Crippen molar-refractivity contribution in [2.24, 2.45) is 5.73 Å². The molecule has 1 aromatic rings. The minimum Gasteiger partial charge on any atom is -0.493 e. The summed E-state index contributed by atoms with van der Waals surface area (Å²) in [6, 6.07) is 8.47. The molecule has 0 amide bonds. The van der Waals surface area contributed by atoms with Gasteiger partial charge in [-0.2, -0.15) is 0 Å². The predicted octanol–water partition coefficient (Wildman–Crippen LogP) is 2.84. The van der Waals surface area contributed by atoms with Crippen molar-refractivity contribution in [3.8, 4) is 5.75 Å². The molecular formula is C16H23NO2. The maximum atomic E-state index is 6.45. The highest BCUT2D eigenvalue weighted by molar-refractivity contribution is 5.37. The van der Waals surface area contributed by atoms with Crippen LogP contribution in [0.4, 0.5) is 0 Å². The lowest BCUT2D eigenvalue weighted by atomic mass is 9.71. The summed E-state index contributed by atoms with van der Waals surface area (Å²) in [7, 11) is 1.80. The van der Waals surface area contributed by atoms with Crippen molar-refractivity contribution >= 4 is 0 Å². The summed E-state index contributed by atoms with van der Waals surface area (Å²) in [6.07, 6.45) is 5.51. The Hall–Kier alpha value is -1.06. The molecule has 1 saturated carbocycles. The van der Waals surface area contributed by atoms with Crippen molar-refractivity contribution in [2.75, 3.05) is 13.7 Å². The molecule has 0 spiro atoms. The first-order valence-electron chi connectivity index (χ1n) is 7.28. The molecule has 0 saturated heterocycles. The zero-order valence-electron chi connectivity index (χ0n) is 11.6. The zero-order valence-corrected chi connectivity index (χ0v) is 11.6. The van der Waals surface area contributed by atoms with Crippen molar-refractivity contribution < 1.29 is 9.47 Å². The molecule has 1 aromatic carbocycles. The molecule has 19 heavy (non-hydrogen) atoms. The number of hydrogen-bond donors (Lipinski definition) is 1. The molecule has 0 radical (unpaired) electrons. The van der Waals surface area contributed by atoms with Gasteiger partial charge in [-0.25, -0.2) is 0 Å². The number of methoxy groups -OCH3 is 1. The number of fused-ring (bicyclic) bond motifs is 1. The average Bonchev–Trinajstić information content (AvgIpc) is 2.38. The van der Waals surface area contributed by atoms with Gasteiger partial charge in [0.15, 0.2) is 0 Å². The van der Waals surface area contributed by atoms with Crippen LogP contribution in [0.5, 0.6) is 5.75 Å². The molecule has 2 atom stereocenters. The molecule has 0 aromatic heterocycles. The smallest absolute Gasteiger partial charge is 0.122 e. The Labute approximate surface area is 115 Å². The maximum Gasteiger partial charge on any atom is 0.122 e. The molecular weight excluding hydrogens is 238 g/mol. The van der Waals surface area contributed by atoms with Crippen LogP contribution in [0.3, 0.4) is 0 Å². The molecule has 104 valence electrons. The highest BCUT2D eigenvalue weighted by Crippen LogP contribution is 2.43. The number of hydrogen-bond acceptors (Lipinski definition) is 3. The van der Waals surface area contributed by atoms with E-state index in [0.717, 1.165) is 38.0 Å². The van der Waals surface area contributed by atoms with E-state index in [-0.39, 0.29) is 11.6 Å². The first-order chi connectivity index (χ1) is 9.25. The molecule has 3 nitrogen and oxygen atoms in total. The van der Waals surface area contributed by atoms with E-state index in [1.54, 1.807) is 7.11 Å². The van der Waals surface area contributed by atoms with Gasteiger partial charge in [0.05, 0.1) is 12.2 Å². The molecule has 2 N–H and O–H groups in total. The van der Waals surface area contributed by atoms with E-state index in [0.29, 0.717) is 5.92 Å². The summed E-state index contributed by atoms with van der Waals surface area (Å²) in [5.41, 5.74) is 7.70. The maximum absolute atomic E-state index is 6.45. The van der Waals surface area contributed by atoms with Crippen LogP contribution < -0.4 is 10.5 Å². The Morgan fingerprint density at radius 2 is 2.21 bits per heavy atom. The normalized spacial score (nSPS) is 25.9. The molecule has 1 aliphatic heterocycles. The Kier molecular flexibility index (Phi) is 3.50. The molecule has 1 aliphatic carbocycles. The third kappa shape index (κ3) is 2.26. The lowest BCUT2D eigenvalue weighted by molar-refractivity contribution is -0.0929. The van der Waals surface area contributed by atoms with E-state index >= 15 is 0 Å². The van der Waals surface area contributed by atoms with Crippen LogP contribution in [0.15, 0.2) is 24.3 Å². The standard InChI is InChI=1S/C16H23NO2/c1-18-16(8-4-9-16)15(17)11-12-7-10-19-14-6-3-2-5-13(12)14/h2-3,5-6,12,15H,4,7-11,17H2,1H3. The molecule has 3 rings (SSSR count). The van der Waals surface area contributed by atoms with Crippen molar-refractivity contribution in [3.63, 3.8) is 0 Å². The lowest BCUT2D eigenvalue weighted by Crippen LogP contribution is -2.55. The Morgan fingerprint density at radius 3 is 2.89 bits per heavy atom. The van der Waals surface area contributed by atoms with Crippen molar-refractivity contribution in [2.45, 2.75) is 49.7 Å². The molecule has 0 bridgehead atoms. The van der Waals surface area contributed by atoms with E-state index in [2.05, 4.69) is 18.2 Å². The van der Waals surface area contributed by atoms with E-state index in [1.165, 1.54) is 12.0 Å². The number of rotatable bonds is 4. The second-order valence-corrected chi connectivity index (χ2v) is 5.84. The van der Waals surface area contributed by atoms with Gasteiger partial charge in [0, 0.05) is 13.2 Å². The van der Waals surface area contributed by atoms with Crippen LogP contribution >= 0.6 is 0 Å². The van der Waals surface area contributed by atoms with Crippen LogP contribution in [-0.2, 0) is 4.74 Å². The van der Waals surface area contributed by atoms with E-state index < -0.39 is 0 Å². The highest BCUT2D eigenvalue weighted by Gasteiger charge is 2.43. The quantitative estimate of drug-likeness (QED) is 0.906. The second-order valence-electron chi connectivity index (χ2n) is 5.84. The first-order valence-corrected chi connectivity index (χ1v) is 7.28. The summed E-state index contributed by atoms with van der Waals surface area (Å²) in [6.45, 7) is 0.800. The van der Waals surface area contributed by atoms with Gasteiger partial charge in [-0.3, -0.25) is 0 Å². The number of ether oxygens (including phenoxy) is 2. The molecule has 1 fully saturated rings. The second kappa shape index (κ2) is 5.14. The van der Waals surface area contributed by atoms with Crippen molar-refractivity contribution in [3.05, 3.63) is 29.8 Å². The van der Waals surface area contributed by atoms with Gasteiger partial charge in [0.1, 0.15) is 5.75 Å². The van der Waals surface area contributed by atoms with E-state index in [4.69, 9.17) is 15.2 Å². The molecule has 2 aliphatic rings. The minimum absolute atomic E-state index is 0.0623. The largest absolute Gasteiger partial charge is 0.493 e. The fourth-order valence-corrected chi connectivity index (χ4v) is 3.43. The van der Waals surface area contributed by atoms with Crippen LogP contribution in [0, 0.1) is 0 Å². The average molecular weight is 261 g/mol. The lowest BCUT2D eigenvalue weighted by Gasteiger charge is -2.46. The fourth-order valence-electron chi connectivity index (χ4n) is 3.43. The van der Waals surface area contributed by atoms with Crippen LogP contribution in [0.2, 0.25) is 0 Å². The fraction of sp³-hybridized carbons (Fsp3) is 0.625. The zero-order chi connectivity index (χ0) is 13.3. The summed E-state index contributed by atoms with van der Waals surface area (Å²) >= 11 is 0. The third-order valence-corrected chi connectivity index (χ3v) is 4.90. The Balaban J connectivity index is 1.74. The van der Waals surface area contributed by atoms with E-state index in [1.807, 2.05) is 6.07 Å². The monoisotopic (exact) mass is 261 g/mol. The van der Waals surface area contributed by atoms with Crippen LogP contribution in [0.1, 0.15) is 43.6 Å². The van der Waals surface area contributed by atoms with Gasteiger partial charge < -0.3 is 15.2 Å². The summed E-state index contributed by atoms with van der Waals surface area (Å²) < 4.78 is 11.4. The first kappa shape index (κ1) is 12.9. The predicted molar refractivity (Wildman–Crippen MR) is 75.5 cm³/mol. The Bertz CT molecular complexity index is 437. The summed E-state index contributed by atoms with van der Waals surface area (Å²) in [5, 5.41) is 0. The number of para-hydroxylation sites is 1. The third-order valence-electron chi connectivity index (χ3n) is 4.90. The highest BCUT2D eigenvalue weighted by atomic mass is 16.5. The number of benzene rings is 1. The molecule has 1 heterocycles. The topological polar surface area (TPSA) is 44.5 Å². The van der Waals surface area contributed by atoms with Crippen LogP contribution in [0.25, 0.3) is 0 Å². The van der Waals surface area contributed by atoms with Gasteiger partial charge in [-0.1, -0.05) is 18.2 Å². The molecule has 2 unspecified atom stereocenters. The number of nitrogens with two attached hydrogens (primary N) is 1. The van der Waals surface area contributed by atoms with Gasteiger partial charge >= 0.3 is 0 Å². The van der Waals surface area contributed by atoms with E-state index in [9.17, 15) is 0 Å². The van der Waals surface area contributed by atoms with Crippen LogP contribution in [-0.4, -0.2) is 25.4 Å². The van der Waals surface area contributed by atoms with Gasteiger partial charge in [-0.15, -0.1) is 0 Å². The minimum atomic E-state index is -0.0623. The van der Waals surface area contributed by atoms with Gasteiger partial charge in [0.2, 0.25) is 0 Å². The molecule has 3 heteroatoms. The van der Waals surface area contributed by atoms with Gasteiger partial charge in [0.25, 0.3) is 0 Å². The Morgan fingerprint density at radius 1 is 1.42 bits per heavy atom. The van der Waals surface area contributed by atoms with Crippen molar-refractivity contribution in [1.29, 1.82) is 0 Å².